The molecule has 10 aromatic carbocycles. The van der Waals surface area contributed by atoms with Gasteiger partial charge in [0.05, 0.1) is 22.5 Å². The molecule has 300 valence electrons. The molecule has 0 amide bonds. The second-order valence-corrected chi connectivity index (χ2v) is 17.9. The summed E-state index contributed by atoms with van der Waals surface area (Å²) in [6.45, 7) is 0. The van der Waals surface area contributed by atoms with Crippen molar-refractivity contribution < 1.29 is 0 Å². The molecule has 2 nitrogen and oxygen atoms in total. The molecule has 1 aliphatic carbocycles. The van der Waals surface area contributed by atoms with Gasteiger partial charge in [0.1, 0.15) is 0 Å². The quantitative estimate of drug-likeness (QED) is 0.165. The van der Waals surface area contributed by atoms with Crippen molar-refractivity contribution in [1.82, 2.24) is 0 Å². The number of hydrogen-bond acceptors (Lipinski definition) is 3. The van der Waals surface area contributed by atoms with Crippen molar-refractivity contribution in [2.24, 2.45) is 0 Å². The summed E-state index contributed by atoms with van der Waals surface area (Å²) in [5.41, 5.74) is 18.7. The van der Waals surface area contributed by atoms with Crippen LogP contribution in [-0.4, -0.2) is 0 Å². The van der Waals surface area contributed by atoms with Crippen molar-refractivity contribution in [2.75, 3.05) is 9.80 Å². The van der Waals surface area contributed by atoms with E-state index >= 15 is 0 Å². The number of rotatable bonds is 6. The van der Waals surface area contributed by atoms with Crippen LogP contribution in [0.25, 0.3) is 53.6 Å². The molecule has 0 radical (unpaired) electrons. The van der Waals surface area contributed by atoms with Crippen molar-refractivity contribution in [3.63, 3.8) is 0 Å². The average molecular weight is 833 g/mol. The summed E-state index contributed by atoms with van der Waals surface area (Å²) in [5, 5.41) is 2.60. The van der Waals surface area contributed by atoms with Gasteiger partial charge < -0.3 is 9.80 Å². The summed E-state index contributed by atoms with van der Waals surface area (Å²) >= 11 is 1.86. The lowest BCUT2D eigenvalue weighted by Gasteiger charge is -2.45. The maximum absolute atomic E-state index is 2.50. The highest BCUT2D eigenvalue weighted by molar-refractivity contribution is 7.25. The monoisotopic (exact) mass is 832 g/mol. The van der Waals surface area contributed by atoms with Gasteiger partial charge in [0.2, 0.25) is 0 Å². The molecule has 0 unspecified atom stereocenters. The van der Waals surface area contributed by atoms with Gasteiger partial charge in [-0.3, -0.25) is 0 Å². The van der Waals surface area contributed by atoms with E-state index in [9.17, 15) is 0 Å². The molecule has 2 aliphatic rings. The summed E-state index contributed by atoms with van der Waals surface area (Å²) in [5.74, 6) is 0. The maximum atomic E-state index is 2.50. The highest BCUT2D eigenvalue weighted by Gasteiger charge is 2.51. The molecular formula is C61H40N2S. The summed E-state index contributed by atoms with van der Waals surface area (Å²) < 4.78 is 2.62. The predicted octanol–water partition coefficient (Wildman–Crippen LogP) is 17.0. The van der Waals surface area contributed by atoms with E-state index < -0.39 is 5.41 Å². The fourth-order valence-corrected chi connectivity index (χ4v) is 11.8. The Bertz CT molecular complexity index is 3520. The van der Waals surface area contributed by atoms with Crippen LogP contribution in [0.2, 0.25) is 0 Å². The van der Waals surface area contributed by atoms with Gasteiger partial charge in [-0.1, -0.05) is 170 Å². The minimum atomic E-state index is -0.576. The van der Waals surface area contributed by atoms with E-state index in [2.05, 4.69) is 252 Å². The Morgan fingerprint density at radius 3 is 1.66 bits per heavy atom. The van der Waals surface area contributed by atoms with Crippen LogP contribution in [0.4, 0.5) is 34.1 Å². The number of anilines is 6. The minimum absolute atomic E-state index is 0.576. The topological polar surface area (TPSA) is 6.48 Å². The van der Waals surface area contributed by atoms with E-state index in [4.69, 9.17) is 0 Å². The Morgan fingerprint density at radius 2 is 0.891 bits per heavy atom. The number of nitrogens with zero attached hydrogens (tertiary/aromatic N) is 2. The predicted molar refractivity (Wildman–Crippen MR) is 270 cm³/mol. The smallest absolute Gasteiger partial charge is 0.0755 e. The molecular weight excluding hydrogens is 793 g/mol. The lowest BCUT2D eigenvalue weighted by atomic mass is 9.64. The first-order valence-corrected chi connectivity index (χ1v) is 22.8. The van der Waals surface area contributed by atoms with Crippen molar-refractivity contribution in [2.45, 2.75) is 5.41 Å². The fourth-order valence-electron chi connectivity index (χ4n) is 10.8. The van der Waals surface area contributed by atoms with Gasteiger partial charge in [-0.25, -0.2) is 0 Å². The minimum Gasteiger partial charge on any atom is -0.310 e. The normalized spacial score (nSPS) is 13.1. The Labute approximate surface area is 377 Å². The van der Waals surface area contributed by atoms with Crippen LogP contribution in [0.5, 0.6) is 0 Å². The Kier molecular flexibility index (Phi) is 8.34. The average Bonchev–Trinajstić information content (AvgIpc) is 3.88. The van der Waals surface area contributed by atoms with Crippen LogP contribution in [0.15, 0.2) is 243 Å². The van der Waals surface area contributed by atoms with Crippen molar-refractivity contribution in [3.05, 3.63) is 265 Å². The van der Waals surface area contributed by atoms with Gasteiger partial charge in [-0.2, -0.15) is 0 Å². The van der Waals surface area contributed by atoms with Gasteiger partial charge in [0.25, 0.3) is 0 Å². The van der Waals surface area contributed by atoms with E-state index in [-0.39, 0.29) is 0 Å². The van der Waals surface area contributed by atoms with Crippen LogP contribution in [0.1, 0.15) is 22.3 Å². The highest BCUT2D eigenvalue weighted by Crippen LogP contribution is 2.64. The van der Waals surface area contributed by atoms with E-state index in [1.807, 2.05) is 11.3 Å². The Balaban J connectivity index is 1.06. The van der Waals surface area contributed by atoms with Crippen LogP contribution >= 0.6 is 11.3 Å². The van der Waals surface area contributed by atoms with Crippen LogP contribution in [0, 0.1) is 0 Å². The second-order valence-electron chi connectivity index (χ2n) is 16.8. The standard InChI is InChI=1S/C61H40N2S/c1-3-17-41(18-4-1)42-31-34-45(35-32-42)62(56-27-13-8-21-47(56)43-33-38-60-51(39-43)50-23-9-16-30-59(50)64-60)46-36-37-49-48-22-7-10-24-52(48)61(55(49)40-46)53-25-11-14-28-57(53)63(44-19-5-2-6-20-44)58-29-15-12-26-54(58)61/h1-40H. The first kappa shape index (κ1) is 36.7. The zero-order valence-electron chi connectivity index (χ0n) is 34.9. The van der Waals surface area contributed by atoms with E-state index in [0.29, 0.717) is 0 Å². The molecule has 11 aromatic rings. The van der Waals surface area contributed by atoms with Gasteiger partial charge >= 0.3 is 0 Å². The summed E-state index contributed by atoms with van der Waals surface area (Å²) in [6, 6.07) is 89.7. The molecule has 13 rings (SSSR count). The van der Waals surface area contributed by atoms with E-state index in [0.717, 1.165) is 22.7 Å². The van der Waals surface area contributed by atoms with Gasteiger partial charge in [-0.15, -0.1) is 11.3 Å². The molecule has 1 aromatic heterocycles. The number of benzene rings is 10. The van der Waals surface area contributed by atoms with Gasteiger partial charge in [0, 0.05) is 42.8 Å². The second kappa shape index (κ2) is 14.6. The fraction of sp³-hybridized carbons (Fsp3) is 0.0164. The van der Waals surface area contributed by atoms with Crippen molar-refractivity contribution >= 4 is 65.6 Å². The first-order valence-electron chi connectivity index (χ1n) is 22.0. The Morgan fingerprint density at radius 1 is 0.344 bits per heavy atom. The maximum Gasteiger partial charge on any atom is 0.0755 e. The molecule has 0 bridgehead atoms. The number of thiophene rings is 1. The van der Waals surface area contributed by atoms with Gasteiger partial charge in [-0.05, 0) is 123 Å². The summed E-state index contributed by atoms with van der Waals surface area (Å²) in [7, 11) is 0. The number of fused-ring (bicyclic) bond motifs is 12. The van der Waals surface area contributed by atoms with E-state index in [1.165, 1.54) is 87.2 Å². The molecule has 0 saturated carbocycles. The molecule has 0 saturated heterocycles. The third kappa shape index (κ3) is 5.44. The summed E-state index contributed by atoms with van der Waals surface area (Å²) in [6.07, 6.45) is 0. The van der Waals surface area contributed by atoms with Crippen LogP contribution in [0.3, 0.4) is 0 Å². The van der Waals surface area contributed by atoms with Gasteiger partial charge in [0.15, 0.2) is 0 Å². The van der Waals surface area contributed by atoms with Crippen LogP contribution in [-0.2, 0) is 5.41 Å². The lowest BCUT2D eigenvalue weighted by molar-refractivity contribution is 0.752. The Hall–Kier alpha value is -7.98. The first-order chi connectivity index (χ1) is 31.8. The third-order valence-corrected chi connectivity index (χ3v) is 14.6. The SMILES string of the molecule is c1ccc(-c2ccc(N(c3ccc4c(c3)C3(c5ccccc5-4)c4ccccc4N(c4ccccc4)c4ccccc43)c3ccccc3-c3ccc4sc5ccccc5c4c3)cc2)cc1. The highest BCUT2D eigenvalue weighted by atomic mass is 32.1. The number of para-hydroxylation sites is 4. The lowest BCUT2D eigenvalue weighted by Crippen LogP contribution is -2.36. The third-order valence-electron chi connectivity index (χ3n) is 13.5. The molecule has 2 heterocycles. The van der Waals surface area contributed by atoms with E-state index in [1.54, 1.807) is 0 Å². The zero-order valence-corrected chi connectivity index (χ0v) is 35.7. The van der Waals surface area contributed by atoms with Crippen molar-refractivity contribution in [1.29, 1.82) is 0 Å². The molecule has 0 atom stereocenters. The largest absolute Gasteiger partial charge is 0.310 e. The molecule has 3 heteroatoms. The molecule has 0 fully saturated rings. The number of hydrogen-bond donors (Lipinski definition) is 0. The molecule has 0 N–H and O–H groups in total. The van der Waals surface area contributed by atoms with Crippen molar-refractivity contribution in [3.8, 4) is 33.4 Å². The summed E-state index contributed by atoms with van der Waals surface area (Å²) in [4.78, 5) is 4.93. The molecule has 1 aliphatic heterocycles. The molecule has 1 spiro atoms. The van der Waals surface area contributed by atoms with Crippen LogP contribution < -0.4 is 9.80 Å². The molecule has 64 heavy (non-hydrogen) atoms. The zero-order chi connectivity index (χ0) is 42.2.